The van der Waals surface area contributed by atoms with E-state index in [4.69, 9.17) is 24.3 Å². The van der Waals surface area contributed by atoms with Gasteiger partial charge < -0.3 is 30.3 Å². The molecule has 0 radical (unpaired) electrons. The fourth-order valence-corrected chi connectivity index (χ4v) is 6.58. The van der Waals surface area contributed by atoms with Crippen LogP contribution in [0.1, 0.15) is 181 Å². The van der Waals surface area contributed by atoms with Gasteiger partial charge in [0.15, 0.2) is 6.10 Å². The summed E-state index contributed by atoms with van der Waals surface area (Å²) in [5.74, 6) is -0.961. The minimum Gasteiger partial charge on any atom is -0.462 e. The summed E-state index contributed by atoms with van der Waals surface area (Å²) >= 11 is 0. The highest BCUT2D eigenvalue weighted by Gasteiger charge is 2.26. The number of phosphoric acid groups is 1. The lowest BCUT2D eigenvalue weighted by atomic mass is 10.0. The van der Waals surface area contributed by atoms with E-state index in [1.807, 2.05) is 30.4 Å². The number of esters is 2. The van der Waals surface area contributed by atoms with E-state index in [1.165, 1.54) is 83.5 Å². The lowest BCUT2D eigenvalue weighted by Crippen LogP contribution is -2.29. The van der Waals surface area contributed by atoms with Gasteiger partial charge in [-0.3, -0.25) is 18.6 Å². The van der Waals surface area contributed by atoms with Crippen LogP contribution in [0, 0.1) is 0 Å². The summed E-state index contributed by atoms with van der Waals surface area (Å²) in [6.45, 7) is 3.48. The van der Waals surface area contributed by atoms with Gasteiger partial charge in [0, 0.05) is 19.4 Å². The average Bonchev–Trinajstić information content (AvgIpc) is 3.17. The molecule has 0 aliphatic heterocycles. The van der Waals surface area contributed by atoms with Gasteiger partial charge >= 0.3 is 19.8 Å². The maximum absolute atomic E-state index is 12.6. The second-order valence-corrected chi connectivity index (χ2v) is 16.0. The van der Waals surface area contributed by atoms with E-state index in [2.05, 4.69) is 19.9 Å². The number of carbonyl (C=O) groups excluding carboxylic acids is 2. The average molecular weight is 802 g/mol. The molecule has 0 aromatic rings. The summed E-state index contributed by atoms with van der Waals surface area (Å²) in [7, 11) is -4.42. The zero-order valence-electron chi connectivity index (χ0n) is 34.6. The number of aliphatic hydroxyl groups excluding tert-OH is 2. The molecule has 4 atom stereocenters. The number of phosphoric ester groups is 1. The monoisotopic (exact) mass is 802 g/mol. The zero-order chi connectivity index (χ0) is 40.7. The molecule has 0 spiro atoms. The predicted octanol–water partition coefficient (Wildman–Crippen LogP) is 10.1. The van der Waals surface area contributed by atoms with Gasteiger partial charge in [-0.15, -0.1) is 0 Å². The SMILES string of the molecule is CCCCC/C=C/CC(O)C(O)C/C=C\C/C=C\CCCC(=O)OC(COC(=O)CCCCCCCCCCCCCCCCC)COP(=O)(O)OCCN. The molecular weight excluding hydrogens is 721 g/mol. The Bertz CT molecular complexity index is 1040. The van der Waals surface area contributed by atoms with Crippen LogP contribution in [0.2, 0.25) is 0 Å². The molecule has 12 heteroatoms. The normalized spacial score (nSPS) is 14.8. The van der Waals surface area contributed by atoms with Crippen molar-refractivity contribution in [1.29, 1.82) is 0 Å². The number of aliphatic hydroxyl groups is 2. The van der Waals surface area contributed by atoms with Crippen LogP contribution in [0.15, 0.2) is 36.5 Å². The molecule has 322 valence electrons. The van der Waals surface area contributed by atoms with Crippen LogP contribution in [0.3, 0.4) is 0 Å². The molecule has 0 saturated heterocycles. The van der Waals surface area contributed by atoms with Gasteiger partial charge in [-0.25, -0.2) is 4.57 Å². The van der Waals surface area contributed by atoms with Crippen LogP contribution in [-0.2, 0) is 32.7 Å². The van der Waals surface area contributed by atoms with Crippen molar-refractivity contribution in [2.45, 2.75) is 199 Å². The Morgan fingerprint density at radius 2 is 1.07 bits per heavy atom. The van der Waals surface area contributed by atoms with Crippen LogP contribution in [0.5, 0.6) is 0 Å². The Morgan fingerprint density at radius 1 is 0.600 bits per heavy atom. The van der Waals surface area contributed by atoms with E-state index in [-0.39, 0.29) is 32.6 Å². The van der Waals surface area contributed by atoms with Crippen LogP contribution in [0.25, 0.3) is 0 Å². The molecule has 0 aromatic carbocycles. The molecule has 0 bridgehead atoms. The predicted molar refractivity (Wildman–Crippen MR) is 222 cm³/mol. The number of unbranched alkanes of at least 4 members (excludes halogenated alkanes) is 18. The third-order valence-electron chi connectivity index (χ3n) is 9.21. The van der Waals surface area contributed by atoms with Gasteiger partial charge in [0.1, 0.15) is 6.61 Å². The molecule has 0 aliphatic carbocycles. The molecule has 0 aromatic heterocycles. The lowest BCUT2D eigenvalue weighted by molar-refractivity contribution is -0.161. The molecule has 0 fully saturated rings. The molecule has 5 N–H and O–H groups in total. The van der Waals surface area contributed by atoms with Crippen LogP contribution >= 0.6 is 7.82 Å². The number of rotatable bonds is 40. The summed E-state index contributed by atoms with van der Waals surface area (Å²) in [6, 6.07) is 0. The second-order valence-electron chi connectivity index (χ2n) is 14.5. The summed E-state index contributed by atoms with van der Waals surface area (Å²) in [5.41, 5.74) is 5.33. The third-order valence-corrected chi connectivity index (χ3v) is 10.2. The first kappa shape index (κ1) is 53.1. The molecule has 0 aliphatic rings. The number of hydrogen-bond acceptors (Lipinski definition) is 10. The Kier molecular flexibility index (Phi) is 37.7. The Morgan fingerprint density at radius 3 is 1.65 bits per heavy atom. The molecular formula is C43H80NO10P. The lowest BCUT2D eigenvalue weighted by Gasteiger charge is -2.19. The molecule has 0 saturated carbocycles. The standard InChI is InChI=1S/C43H80NO10P/c1-3-5-7-9-11-12-13-14-15-16-17-18-21-25-29-33-42(47)51-37-39(38-53-55(49,50)52-36-35-44)54-43(48)34-30-26-22-19-20-24-28-32-41(46)40(45)31-27-23-10-8-6-4-2/h19,22-24,27-28,39-41,45-46H,3-18,20-21,25-26,29-38,44H2,1-2H3,(H,49,50)/b22-19-,27-23+,28-24-. The number of allylic oxidation sites excluding steroid dienone is 4. The largest absolute Gasteiger partial charge is 0.472 e. The van der Waals surface area contributed by atoms with Crippen LogP contribution in [-0.4, -0.2) is 71.7 Å². The van der Waals surface area contributed by atoms with E-state index in [0.29, 0.717) is 38.5 Å². The first-order valence-electron chi connectivity index (χ1n) is 21.6. The van der Waals surface area contributed by atoms with Crippen molar-refractivity contribution in [1.82, 2.24) is 0 Å². The fourth-order valence-electron chi connectivity index (χ4n) is 5.81. The summed E-state index contributed by atoms with van der Waals surface area (Å²) in [5, 5.41) is 20.3. The van der Waals surface area contributed by atoms with Gasteiger partial charge in [0.2, 0.25) is 0 Å². The summed E-state index contributed by atoms with van der Waals surface area (Å²) in [4.78, 5) is 34.8. The van der Waals surface area contributed by atoms with Crippen molar-refractivity contribution in [3.8, 4) is 0 Å². The molecule has 0 amide bonds. The van der Waals surface area contributed by atoms with Crippen molar-refractivity contribution >= 4 is 19.8 Å². The van der Waals surface area contributed by atoms with Gasteiger partial charge in [0.25, 0.3) is 0 Å². The highest BCUT2D eigenvalue weighted by molar-refractivity contribution is 7.47. The molecule has 0 heterocycles. The summed E-state index contributed by atoms with van der Waals surface area (Å²) in [6.07, 6.45) is 35.0. The number of carbonyl (C=O) groups is 2. The van der Waals surface area contributed by atoms with Gasteiger partial charge in [0.05, 0.1) is 25.4 Å². The summed E-state index contributed by atoms with van der Waals surface area (Å²) < 4.78 is 32.6. The van der Waals surface area contributed by atoms with Crippen molar-refractivity contribution in [3.63, 3.8) is 0 Å². The van der Waals surface area contributed by atoms with E-state index >= 15 is 0 Å². The van der Waals surface area contributed by atoms with Crippen molar-refractivity contribution in [2.24, 2.45) is 5.73 Å². The third kappa shape index (κ3) is 37.5. The highest BCUT2D eigenvalue weighted by atomic mass is 31.2. The molecule has 0 rings (SSSR count). The Hall–Kier alpha value is -1.85. The van der Waals surface area contributed by atoms with Crippen LogP contribution < -0.4 is 5.73 Å². The van der Waals surface area contributed by atoms with E-state index < -0.39 is 44.7 Å². The Balaban J connectivity index is 4.35. The Labute approximate surface area is 334 Å². The van der Waals surface area contributed by atoms with E-state index in [1.54, 1.807) is 0 Å². The van der Waals surface area contributed by atoms with Gasteiger partial charge in [-0.1, -0.05) is 153 Å². The number of ether oxygens (including phenoxy) is 2. The van der Waals surface area contributed by atoms with E-state index in [9.17, 15) is 29.3 Å². The number of nitrogens with two attached hydrogens (primary N) is 1. The van der Waals surface area contributed by atoms with Crippen molar-refractivity contribution < 1.29 is 47.8 Å². The van der Waals surface area contributed by atoms with Gasteiger partial charge in [-0.2, -0.15) is 0 Å². The molecule has 55 heavy (non-hydrogen) atoms. The maximum Gasteiger partial charge on any atom is 0.472 e. The fraction of sp³-hybridized carbons (Fsp3) is 0.814. The van der Waals surface area contributed by atoms with Crippen molar-refractivity contribution in [2.75, 3.05) is 26.4 Å². The minimum atomic E-state index is -4.42. The molecule has 11 nitrogen and oxygen atoms in total. The van der Waals surface area contributed by atoms with Gasteiger partial charge in [-0.05, 0) is 51.4 Å². The highest BCUT2D eigenvalue weighted by Crippen LogP contribution is 2.43. The first-order valence-corrected chi connectivity index (χ1v) is 23.1. The molecule has 4 unspecified atom stereocenters. The second kappa shape index (κ2) is 39.0. The van der Waals surface area contributed by atoms with Crippen molar-refractivity contribution in [3.05, 3.63) is 36.5 Å². The minimum absolute atomic E-state index is 0.0264. The number of hydrogen-bond donors (Lipinski definition) is 4. The topological polar surface area (TPSA) is 175 Å². The quantitative estimate of drug-likeness (QED) is 0.0201. The van der Waals surface area contributed by atoms with E-state index in [0.717, 1.165) is 32.1 Å². The van der Waals surface area contributed by atoms with Crippen LogP contribution in [0.4, 0.5) is 0 Å². The zero-order valence-corrected chi connectivity index (χ0v) is 35.5. The smallest absolute Gasteiger partial charge is 0.462 e. The maximum atomic E-state index is 12.6. The first-order chi connectivity index (χ1) is 26.6.